The average molecular weight is 759 g/mol. The quantitative estimate of drug-likeness (QED) is 0.0547. The first-order valence-electron chi connectivity index (χ1n) is 15.0. The van der Waals surface area contributed by atoms with Crippen molar-refractivity contribution in [1.82, 2.24) is 16.1 Å². The Morgan fingerprint density at radius 3 is 2.51 bits per heavy atom. The van der Waals surface area contributed by atoms with Crippen LogP contribution in [0, 0.1) is 10.5 Å². The lowest BCUT2D eigenvalue weighted by atomic mass is 9.95. The molecule has 0 aliphatic carbocycles. The molecular weight excluding hydrogens is 719 g/mol. The van der Waals surface area contributed by atoms with E-state index in [9.17, 15) is 14.7 Å². The van der Waals surface area contributed by atoms with Crippen LogP contribution in [0.5, 0.6) is 23.0 Å². The lowest BCUT2D eigenvalue weighted by Crippen LogP contribution is -2.45. The Morgan fingerprint density at radius 2 is 1.79 bits per heavy atom. The number of carbonyl (C=O) groups is 2. The number of allylic oxidation sites excluding steroid dienone is 1. The highest BCUT2D eigenvalue weighted by Gasteiger charge is 2.32. The van der Waals surface area contributed by atoms with Crippen LogP contribution >= 0.6 is 22.6 Å². The summed E-state index contributed by atoms with van der Waals surface area (Å²) in [5.41, 5.74) is 6.89. The van der Waals surface area contributed by atoms with E-state index < -0.39 is 24.3 Å². The number of aliphatic hydroxyl groups is 1. The van der Waals surface area contributed by atoms with Gasteiger partial charge in [0, 0.05) is 5.70 Å². The Kier molecular flexibility index (Phi) is 12.7. The van der Waals surface area contributed by atoms with E-state index in [1.165, 1.54) is 7.11 Å². The number of esters is 1. The summed E-state index contributed by atoms with van der Waals surface area (Å²) >= 11 is 2.20. The summed E-state index contributed by atoms with van der Waals surface area (Å²) in [4.78, 5) is 24.7. The Balaban J connectivity index is 1.40. The first-order chi connectivity index (χ1) is 22.6. The maximum atomic E-state index is 12.5. The van der Waals surface area contributed by atoms with Crippen molar-refractivity contribution in [2.75, 3.05) is 26.9 Å². The van der Waals surface area contributed by atoms with Crippen molar-refractivity contribution in [3.63, 3.8) is 0 Å². The van der Waals surface area contributed by atoms with Crippen molar-refractivity contribution >= 4 is 40.8 Å². The Morgan fingerprint density at radius 1 is 1.02 bits per heavy atom. The maximum Gasteiger partial charge on any atom is 0.337 e. The molecule has 3 aromatic carbocycles. The Hall–Kier alpha value is -4.50. The number of hydrogen-bond acceptors (Lipinski definition) is 10. The summed E-state index contributed by atoms with van der Waals surface area (Å²) < 4.78 is 29.4. The average Bonchev–Trinajstić information content (AvgIpc) is 3.03. The largest absolute Gasteiger partial charge is 0.490 e. The second kappa shape index (κ2) is 16.9. The number of nitrogens with zero attached hydrogens (tertiary/aromatic N) is 1. The van der Waals surface area contributed by atoms with Gasteiger partial charge in [-0.3, -0.25) is 5.43 Å². The first kappa shape index (κ1) is 35.4. The maximum absolute atomic E-state index is 12.5. The van der Waals surface area contributed by atoms with Gasteiger partial charge in [-0.25, -0.2) is 9.59 Å². The molecule has 0 bridgehead atoms. The number of nitrogens with one attached hydrogen (secondary N) is 3. The topological polar surface area (TPSA) is 149 Å². The van der Waals surface area contributed by atoms with Gasteiger partial charge in [-0.2, -0.15) is 5.10 Å². The van der Waals surface area contributed by atoms with Crippen LogP contribution in [-0.4, -0.2) is 56.5 Å². The Labute approximate surface area is 287 Å². The highest BCUT2D eigenvalue weighted by atomic mass is 127. The number of rotatable bonds is 15. The van der Waals surface area contributed by atoms with Crippen molar-refractivity contribution in [3.05, 3.63) is 91.7 Å². The van der Waals surface area contributed by atoms with Crippen LogP contribution in [0.1, 0.15) is 49.1 Å². The molecule has 0 saturated heterocycles. The van der Waals surface area contributed by atoms with Gasteiger partial charge < -0.3 is 39.4 Å². The van der Waals surface area contributed by atoms with Gasteiger partial charge >= 0.3 is 12.0 Å². The summed E-state index contributed by atoms with van der Waals surface area (Å²) in [7, 11) is 1.28. The predicted octanol–water partition coefficient (Wildman–Crippen LogP) is 5.10. The molecule has 2 amide bonds. The number of carbonyl (C=O) groups excluding carboxylic acids is 2. The fourth-order valence-corrected chi connectivity index (χ4v) is 5.62. The minimum atomic E-state index is -1.15. The van der Waals surface area contributed by atoms with E-state index in [0.717, 1.165) is 20.3 Å². The summed E-state index contributed by atoms with van der Waals surface area (Å²) in [5, 5.41) is 20.1. The zero-order chi connectivity index (χ0) is 33.9. The normalized spacial score (nSPS) is 15.0. The van der Waals surface area contributed by atoms with E-state index in [1.807, 2.05) is 51.1 Å². The zero-order valence-corrected chi connectivity index (χ0v) is 29.0. The Bertz CT molecular complexity index is 1640. The van der Waals surface area contributed by atoms with Gasteiger partial charge in [-0.1, -0.05) is 35.9 Å². The number of amides is 2. The van der Waals surface area contributed by atoms with E-state index in [1.54, 1.807) is 31.3 Å². The third-order valence-corrected chi connectivity index (χ3v) is 7.71. The number of aryl methyl sites for hydroxylation is 1. The molecule has 13 heteroatoms. The van der Waals surface area contributed by atoms with Crippen LogP contribution in [0.25, 0.3) is 0 Å². The van der Waals surface area contributed by atoms with Crippen molar-refractivity contribution in [3.8, 4) is 23.0 Å². The van der Waals surface area contributed by atoms with Crippen LogP contribution in [0.2, 0.25) is 0 Å². The minimum Gasteiger partial charge on any atom is -0.490 e. The predicted molar refractivity (Wildman–Crippen MR) is 185 cm³/mol. The number of halogens is 1. The monoisotopic (exact) mass is 758 g/mol. The molecule has 0 aromatic heterocycles. The van der Waals surface area contributed by atoms with Crippen LogP contribution in [0.15, 0.2) is 71.0 Å². The van der Waals surface area contributed by atoms with Gasteiger partial charge in [-0.05, 0) is 91.2 Å². The molecule has 1 aliphatic rings. The molecule has 1 heterocycles. The molecule has 0 spiro atoms. The molecular formula is C34H39IN4O8. The zero-order valence-electron chi connectivity index (χ0n) is 26.9. The molecule has 0 fully saturated rings. The smallest absolute Gasteiger partial charge is 0.337 e. The van der Waals surface area contributed by atoms with Gasteiger partial charge in [0.1, 0.15) is 13.2 Å². The van der Waals surface area contributed by atoms with E-state index in [2.05, 4.69) is 49.8 Å². The van der Waals surface area contributed by atoms with Crippen LogP contribution in [0.4, 0.5) is 4.79 Å². The third-order valence-electron chi connectivity index (χ3n) is 6.91. The van der Waals surface area contributed by atoms with Crippen LogP contribution in [-0.2, 0) is 16.1 Å². The minimum absolute atomic E-state index is 0.152. The van der Waals surface area contributed by atoms with E-state index in [0.29, 0.717) is 54.1 Å². The van der Waals surface area contributed by atoms with E-state index in [4.69, 9.17) is 23.7 Å². The molecule has 1 aliphatic heterocycles. The standard InChI is InChI=1S/C34H39IN4O8/c1-6-44-27-16-24(31-30(33(41)43-5)21(4)37-34(42)38-31)11-12-26(27)46-19-29(40)39-36-17-23-14-25(35)32(28(15-23)45-7-2)47-18-22-10-8-9-20(3)13-22/h8-17,29,31,39-40H,6-7,18-19H2,1-5H3,(H2,37,38,42)/b36-17-/t29-,31-/m0/s1. The van der Waals surface area contributed by atoms with Crippen molar-refractivity contribution < 1.29 is 38.4 Å². The van der Waals surface area contributed by atoms with Crippen molar-refractivity contribution in [2.45, 2.75) is 46.6 Å². The van der Waals surface area contributed by atoms with Crippen molar-refractivity contribution in [1.29, 1.82) is 0 Å². The molecule has 47 heavy (non-hydrogen) atoms. The first-order valence-corrected chi connectivity index (χ1v) is 16.1. The summed E-state index contributed by atoms with van der Waals surface area (Å²) in [6.07, 6.45) is 0.420. The van der Waals surface area contributed by atoms with E-state index >= 15 is 0 Å². The fraction of sp³-hybridized carbons (Fsp3) is 0.324. The molecule has 4 rings (SSSR count). The summed E-state index contributed by atoms with van der Waals surface area (Å²) in [6, 6.07) is 15.7. The van der Waals surface area contributed by atoms with Crippen LogP contribution < -0.4 is 35.0 Å². The second-order valence-electron chi connectivity index (χ2n) is 10.5. The molecule has 3 aromatic rings. The number of hydrazone groups is 1. The number of methoxy groups -OCH3 is 1. The van der Waals surface area contributed by atoms with Gasteiger partial charge in [0.15, 0.2) is 29.2 Å². The van der Waals surface area contributed by atoms with Gasteiger partial charge in [0.2, 0.25) is 0 Å². The molecule has 12 nitrogen and oxygen atoms in total. The number of ether oxygens (including phenoxy) is 5. The SMILES string of the molecule is CCOc1cc([C@@H]2NC(=O)NC(C)=C2C(=O)OC)ccc1OC[C@H](O)N/N=C\c1cc(I)c(OCc2cccc(C)c2)c(OCC)c1. The fourth-order valence-electron chi connectivity index (χ4n) is 4.84. The highest BCUT2D eigenvalue weighted by molar-refractivity contribution is 14.1. The lowest BCUT2D eigenvalue weighted by Gasteiger charge is -2.28. The van der Waals surface area contributed by atoms with Gasteiger partial charge in [0.25, 0.3) is 0 Å². The molecule has 0 saturated carbocycles. The molecule has 2 atom stereocenters. The number of hydrogen-bond donors (Lipinski definition) is 4. The number of benzene rings is 3. The second-order valence-corrected chi connectivity index (χ2v) is 11.6. The summed E-state index contributed by atoms with van der Waals surface area (Å²) in [5.74, 6) is 1.41. The highest BCUT2D eigenvalue weighted by Crippen LogP contribution is 2.36. The van der Waals surface area contributed by atoms with Crippen LogP contribution in [0.3, 0.4) is 0 Å². The van der Waals surface area contributed by atoms with Gasteiger partial charge in [0.05, 0.1) is 41.7 Å². The summed E-state index contributed by atoms with van der Waals surface area (Å²) in [6.45, 7) is 8.45. The number of urea groups is 1. The molecule has 4 N–H and O–H groups in total. The van der Waals surface area contributed by atoms with Gasteiger partial charge in [-0.15, -0.1) is 0 Å². The van der Waals surface area contributed by atoms with Crippen molar-refractivity contribution in [2.24, 2.45) is 5.10 Å². The van der Waals surface area contributed by atoms with E-state index in [-0.39, 0.29) is 12.2 Å². The molecule has 0 radical (unpaired) electrons. The molecule has 250 valence electrons. The number of aliphatic hydroxyl groups excluding tert-OH is 1. The molecule has 0 unspecified atom stereocenters. The lowest BCUT2D eigenvalue weighted by molar-refractivity contribution is -0.136. The third kappa shape index (κ3) is 9.51.